The van der Waals surface area contributed by atoms with Crippen molar-refractivity contribution >= 4 is 11.8 Å². The number of hydrogen-bond donors (Lipinski definition) is 0. The zero-order valence-electron chi connectivity index (χ0n) is 15.5. The molecule has 0 heterocycles. The van der Waals surface area contributed by atoms with Gasteiger partial charge in [0.05, 0.1) is 7.11 Å². The molecule has 0 aromatic heterocycles. The maximum Gasteiger partial charge on any atom is 0.344 e. The number of para-hydroxylation sites is 2. The summed E-state index contributed by atoms with van der Waals surface area (Å²) in [6.45, 7) is -0.639. The maximum absolute atomic E-state index is 12.2. The van der Waals surface area contributed by atoms with Gasteiger partial charge in [0, 0.05) is 5.56 Å². The lowest BCUT2D eigenvalue weighted by molar-refractivity contribution is -0.144. The van der Waals surface area contributed by atoms with Crippen molar-refractivity contribution in [1.29, 1.82) is 0 Å². The first-order valence-electron chi connectivity index (χ1n) is 8.77. The molecule has 0 amide bonds. The van der Waals surface area contributed by atoms with Crippen molar-refractivity contribution in [3.05, 3.63) is 84.4 Å². The van der Waals surface area contributed by atoms with E-state index in [9.17, 15) is 9.59 Å². The summed E-state index contributed by atoms with van der Waals surface area (Å²) in [5.74, 6) is 0.0556. The number of Topliss-reactive ketones (excluding diaryl/α,β-unsaturated/α-hetero) is 1. The lowest BCUT2D eigenvalue weighted by atomic mass is 10.0. The van der Waals surface area contributed by atoms with Crippen LogP contribution in [0.4, 0.5) is 0 Å². The van der Waals surface area contributed by atoms with Crippen molar-refractivity contribution in [3.63, 3.8) is 0 Å². The highest BCUT2D eigenvalue weighted by Gasteiger charge is 2.12. The van der Waals surface area contributed by atoms with Crippen LogP contribution in [0.2, 0.25) is 0 Å². The summed E-state index contributed by atoms with van der Waals surface area (Å²) >= 11 is 0. The summed E-state index contributed by atoms with van der Waals surface area (Å²) in [6, 6.07) is 24.0. The minimum Gasteiger partial charge on any atom is -0.493 e. The number of benzene rings is 3. The van der Waals surface area contributed by atoms with Crippen LogP contribution in [-0.2, 0) is 9.53 Å². The van der Waals surface area contributed by atoms with E-state index in [0.717, 1.165) is 11.1 Å². The minimum absolute atomic E-state index is 0.273. The second-order valence-corrected chi connectivity index (χ2v) is 5.97. The monoisotopic (exact) mass is 376 g/mol. The number of rotatable bonds is 8. The van der Waals surface area contributed by atoms with Crippen molar-refractivity contribution < 1.29 is 23.8 Å². The molecule has 3 aromatic rings. The first kappa shape index (κ1) is 19.2. The molecule has 0 aliphatic heterocycles. The van der Waals surface area contributed by atoms with Crippen LogP contribution in [0, 0.1) is 0 Å². The van der Waals surface area contributed by atoms with Gasteiger partial charge < -0.3 is 14.2 Å². The summed E-state index contributed by atoms with van der Waals surface area (Å²) in [5, 5.41) is 0. The Labute approximate surface area is 163 Å². The number of carbonyl (C=O) groups is 2. The average molecular weight is 376 g/mol. The second kappa shape index (κ2) is 9.37. The Hall–Kier alpha value is -3.60. The van der Waals surface area contributed by atoms with Crippen LogP contribution in [0.15, 0.2) is 78.9 Å². The van der Waals surface area contributed by atoms with E-state index in [-0.39, 0.29) is 19.0 Å². The molecule has 28 heavy (non-hydrogen) atoms. The van der Waals surface area contributed by atoms with Gasteiger partial charge in [-0.15, -0.1) is 0 Å². The molecule has 0 fully saturated rings. The van der Waals surface area contributed by atoms with E-state index in [4.69, 9.17) is 14.2 Å². The number of ether oxygens (including phenoxy) is 3. The Kier molecular flexibility index (Phi) is 6.41. The number of esters is 1. The number of carbonyl (C=O) groups excluding carboxylic acids is 2. The topological polar surface area (TPSA) is 61.8 Å². The number of ketones is 1. The molecule has 0 aliphatic rings. The normalized spacial score (nSPS) is 10.2. The lowest BCUT2D eigenvalue weighted by Gasteiger charge is -2.10. The van der Waals surface area contributed by atoms with E-state index >= 15 is 0 Å². The molecule has 0 bridgehead atoms. The molecule has 142 valence electrons. The van der Waals surface area contributed by atoms with Gasteiger partial charge >= 0.3 is 5.97 Å². The highest BCUT2D eigenvalue weighted by Crippen LogP contribution is 2.25. The molecule has 5 heteroatoms. The van der Waals surface area contributed by atoms with Crippen molar-refractivity contribution in [3.8, 4) is 22.6 Å². The second-order valence-electron chi connectivity index (χ2n) is 5.97. The van der Waals surface area contributed by atoms with Crippen molar-refractivity contribution in [2.75, 3.05) is 20.3 Å². The molecule has 3 aromatic carbocycles. The van der Waals surface area contributed by atoms with E-state index in [1.54, 1.807) is 36.4 Å². The van der Waals surface area contributed by atoms with E-state index in [1.807, 2.05) is 42.5 Å². The Morgan fingerprint density at radius 1 is 0.714 bits per heavy atom. The maximum atomic E-state index is 12.2. The quantitative estimate of drug-likeness (QED) is 0.436. The molecule has 0 unspecified atom stereocenters. The van der Waals surface area contributed by atoms with E-state index < -0.39 is 5.97 Å². The first-order chi connectivity index (χ1) is 13.7. The molecule has 0 atom stereocenters. The Morgan fingerprint density at radius 3 is 2.00 bits per heavy atom. The van der Waals surface area contributed by atoms with Crippen LogP contribution in [0.25, 0.3) is 11.1 Å². The van der Waals surface area contributed by atoms with Gasteiger partial charge in [-0.05, 0) is 23.3 Å². The van der Waals surface area contributed by atoms with Gasteiger partial charge in [0.25, 0.3) is 0 Å². The molecule has 5 nitrogen and oxygen atoms in total. The van der Waals surface area contributed by atoms with Crippen LogP contribution in [-0.4, -0.2) is 32.1 Å². The zero-order valence-corrected chi connectivity index (χ0v) is 15.5. The predicted octanol–water partition coefficient (Wildman–Crippen LogP) is 4.17. The van der Waals surface area contributed by atoms with Gasteiger partial charge in [-0.1, -0.05) is 66.7 Å². The van der Waals surface area contributed by atoms with Gasteiger partial charge in [0.1, 0.15) is 0 Å². The molecule has 0 N–H and O–H groups in total. The molecule has 0 saturated heterocycles. The third-order valence-electron chi connectivity index (χ3n) is 4.09. The van der Waals surface area contributed by atoms with Gasteiger partial charge in [-0.25, -0.2) is 4.79 Å². The van der Waals surface area contributed by atoms with Crippen molar-refractivity contribution in [2.45, 2.75) is 0 Å². The van der Waals surface area contributed by atoms with Crippen LogP contribution in [0.1, 0.15) is 10.4 Å². The molecule has 0 spiro atoms. The summed E-state index contributed by atoms with van der Waals surface area (Å²) in [4.78, 5) is 24.1. The summed E-state index contributed by atoms with van der Waals surface area (Å²) in [6.07, 6.45) is 0. The zero-order chi connectivity index (χ0) is 19.8. The molecule has 3 rings (SSSR count). The van der Waals surface area contributed by atoms with Crippen LogP contribution < -0.4 is 9.47 Å². The first-order valence-corrected chi connectivity index (χ1v) is 8.77. The van der Waals surface area contributed by atoms with Crippen LogP contribution >= 0.6 is 0 Å². The summed E-state index contributed by atoms with van der Waals surface area (Å²) < 4.78 is 15.5. The van der Waals surface area contributed by atoms with E-state index in [1.165, 1.54) is 7.11 Å². The molecule has 0 saturated carbocycles. The fourth-order valence-corrected chi connectivity index (χ4v) is 2.62. The molecular formula is C23H20O5. The SMILES string of the molecule is COc1ccccc1OCC(=O)OCC(=O)c1ccc(-c2ccccc2)cc1. The Bertz CT molecular complexity index is 933. The highest BCUT2D eigenvalue weighted by molar-refractivity contribution is 5.98. The third-order valence-corrected chi connectivity index (χ3v) is 4.09. The van der Waals surface area contributed by atoms with Crippen molar-refractivity contribution in [2.24, 2.45) is 0 Å². The van der Waals surface area contributed by atoms with Gasteiger partial charge in [0.2, 0.25) is 0 Å². The fourth-order valence-electron chi connectivity index (χ4n) is 2.62. The summed E-state index contributed by atoms with van der Waals surface area (Å²) in [7, 11) is 1.52. The number of hydrogen-bond acceptors (Lipinski definition) is 5. The van der Waals surface area contributed by atoms with Gasteiger partial charge in [-0.3, -0.25) is 4.79 Å². The average Bonchev–Trinajstić information content (AvgIpc) is 2.77. The number of methoxy groups -OCH3 is 1. The van der Waals surface area contributed by atoms with Gasteiger partial charge in [0.15, 0.2) is 30.5 Å². The third kappa shape index (κ3) is 4.98. The smallest absolute Gasteiger partial charge is 0.344 e. The van der Waals surface area contributed by atoms with E-state index in [2.05, 4.69) is 0 Å². The molecule has 0 radical (unpaired) electrons. The largest absolute Gasteiger partial charge is 0.493 e. The fraction of sp³-hybridized carbons (Fsp3) is 0.130. The highest BCUT2D eigenvalue weighted by atomic mass is 16.6. The minimum atomic E-state index is -0.625. The Balaban J connectivity index is 1.50. The lowest BCUT2D eigenvalue weighted by Crippen LogP contribution is -2.19. The van der Waals surface area contributed by atoms with Crippen LogP contribution in [0.5, 0.6) is 11.5 Å². The van der Waals surface area contributed by atoms with Crippen LogP contribution in [0.3, 0.4) is 0 Å². The van der Waals surface area contributed by atoms with E-state index in [0.29, 0.717) is 17.1 Å². The molecule has 0 aliphatic carbocycles. The summed E-state index contributed by atoms with van der Waals surface area (Å²) in [5.41, 5.74) is 2.57. The molecular weight excluding hydrogens is 356 g/mol. The standard InChI is InChI=1S/C23H20O5/c1-26-21-9-5-6-10-22(21)27-16-23(25)28-15-20(24)19-13-11-18(12-14-19)17-7-3-2-4-8-17/h2-14H,15-16H2,1H3. The Morgan fingerprint density at radius 2 is 1.32 bits per heavy atom. The van der Waals surface area contributed by atoms with Gasteiger partial charge in [-0.2, -0.15) is 0 Å². The predicted molar refractivity (Wildman–Crippen MR) is 106 cm³/mol. The van der Waals surface area contributed by atoms with Crippen molar-refractivity contribution in [1.82, 2.24) is 0 Å².